The molecule has 0 aliphatic carbocycles. The van der Waals surface area contributed by atoms with Crippen LogP contribution in [0.5, 0.6) is 0 Å². The Hall–Kier alpha value is -0.0500. The molecule has 8 nitrogen and oxygen atoms in total. The molecule has 0 saturated carbocycles. The summed E-state index contributed by atoms with van der Waals surface area (Å²) >= 11 is 0. The van der Waals surface area contributed by atoms with Crippen molar-refractivity contribution < 1.29 is 33.3 Å². The Morgan fingerprint density at radius 3 is 2.52 bits per heavy atom. The van der Waals surface area contributed by atoms with Gasteiger partial charge in [0.05, 0.1) is 31.6 Å². The van der Waals surface area contributed by atoms with Crippen molar-refractivity contribution in [2.24, 2.45) is 0 Å². The van der Waals surface area contributed by atoms with E-state index in [0.29, 0.717) is 0 Å². The summed E-state index contributed by atoms with van der Waals surface area (Å²) in [5.41, 5.74) is 0. The first kappa shape index (κ1) is 19.0. The number of nitrogens with one attached hydrogen (secondary N) is 1. The van der Waals surface area contributed by atoms with Gasteiger partial charge in [-0.15, -0.1) is 0 Å². The molecule has 0 bridgehead atoms. The van der Waals surface area contributed by atoms with Crippen molar-refractivity contribution in [3.05, 3.63) is 0 Å². The summed E-state index contributed by atoms with van der Waals surface area (Å²) in [5, 5.41) is 22.6. The van der Waals surface area contributed by atoms with E-state index >= 15 is 0 Å². The van der Waals surface area contributed by atoms with Crippen molar-refractivity contribution in [2.45, 2.75) is 44.3 Å². The molecule has 0 aromatic heterocycles. The smallest absolute Gasteiger partial charge is 0.344 e. The molecule has 3 N–H and O–H groups in total. The molecule has 21 heavy (non-hydrogen) atoms. The Bertz CT molecular complexity index is 356. The summed E-state index contributed by atoms with van der Waals surface area (Å²) in [7, 11) is -0.486. The molecule has 0 aromatic rings. The highest BCUT2D eigenvalue weighted by molar-refractivity contribution is 7.53. The molecule has 0 spiro atoms. The quantitative estimate of drug-likeness (QED) is 0.532. The van der Waals surface area contributed by atoms with Crippen molar-refractivity contribution in [1.82, 2.24) is 5.32 Å². The van der Waals surface area contributed by atoms with E-state index in [4.69, 9.17) is 18.5 Å². The maximum absolute atomic E-state index is 12.2. The minimum Gasteiger partial charge on any atom is -0.394 e. The van der Waals surface area contributed by atoms with Crippen LogP contribution in [0.2, 0.25) is 0 Å². The van der Waals surface area contributed by atoms with Gasteiger partial charge in [0.2, 0.25) is 0 Å². The molecule has 1 aliphatic rings. The van der Waals surface area contributed by atoms with Gasteiger partial charge >= 0.3 is 7.60 Å². The van der Waals surface area contributed by atoms with E-state index in [-0.39, 0.29) is 19.5 Å². The Kier molecular flexibility index (Phi) is 7.73. The molecule has 0 amide bonds. The van der Waals surface area contributed by atoms with Crippen LogP contribution in [-0.4, -0.2) is 74.4 Å². The average molecular weight is 327 g/mol. The maximum Gasteiger partial charge on any atom is 0.344 e. The highest BCUT2D eigenvalue weighted by atomic mass is 31.2. The van der Waals surface area contributed by atoms with Gasteiger partial charge in [0, 0.05) is 14.2 Å². The van der Waals surface area contributed by atoms with Gasteiger partial charge in [0.25, 0.3) is 0 Å². The van der Waals surface area contributed by atoms with Crippen LogP contribution >= 0.6 is 7.60 Å². The Morgan fingerprint density at radius 2 is 2.05 bits per heavy atom. The molecule has 0 aromatic carbocycles. The van der Waals surface area contributed by atoms with Crippen molar-refractivity contribution >= 4 is 7.60 Å². The maximum atomic E-state index is 12.2. The number of hydrogen-bond donors (Lipinski definition) is 3. The minimum absolute atomic E-state index is 0.0486. The fourth-order valence-corrected chi connectivity index (χ4v) is 3.59. The van der Waals surface area contributed by atoms with Crippen LogP contribution in [0.25, 0.3) is 0 Å². The molecule has 1 aliphatic heterocycles. The third kappa shape index (κ3) is 4.71. The van der Waals surface area contributed by atoms with Gasteiger partial charge < -0.3 is 28.7 Å². The molecule has 0 radical (unpaired) electrons. The predicted octanol–water partition coefficient (Wildman–Crippen LogP) is -0.0664. The van der Waals surface area contributed by atoms with Gasteiger partial charge in [-0.1, -0.05) is 0 Å². The topological polar surface area (TPSA) is 106 Å². The number of methoxy groups -OCH3 is 1. The standard InChI is InChI=1S/C12H26NO7P/c1-5-19-21(16,18-4)7-13-10-8(2)20-9(6-14)12(17-3)11(10)15/h8-15H,5-7H2,1-4H3. The second-order valence-corrected chi connectivity index (χ2v) is 7.01. The molecule has 1 saturated heterocycles. The summed E-state index contributed by atoms with van der Waals surface area (Å²) in [4.78, 5) is 0. The third-order valence-electron chi connectivity index (χ3n) is 3.54. The van der Waals surface area contributed by atoms with E-state index in [2.05, 4.69) is 5.32 Å². The Morgan fingerprint density at radius 1 is 1.38 bits per heavy atom. The van der Waals surface area contributed by atoms with E-state index in [1.165, 1.54) is 14.2 Å². The number of aliphatic hydroxyl groups excluding tert-OH is 2. The zero-order valence-electron chi connectivity index (χ0n) is 12.9. The van der Waals surface area contributed by atoms with Gasteiger partial charge in [0.1, 0.15) is 18.3 Å². The molecule has 126 valence electrons. The average Bonchev–Trinajstić information content (AvgIpc) is 2.46. The normalized spacial score (nSPS) is 36.4. The lowest BCUT2D eigenvalue weighted by molar-refractivity contribution is -0.198. The van der Waals surface area contributed by atoms with Crippen molar-refractivity contribution in [3.63, 3.8) is 0 Å². The van der Waals surface area contributed by atoms with Crippen LogP contribution in [0, 0.1) is 0 Å². The van der Waals surface area contributed by atoms with Crippen LogP contribution in [0.3, 0.4) is 0 Å². The van der Waals surface area contributed by atoms with Gasteiger partial charge in [-0.2, -0.15) is 0 Å². The molecule has 1 heterocycles. The molecular formula is C12H26NO7P. The highest BCUT2D eigenvalue weighted by Crippen LogP contribution is 2.46. The second-order valence-electron chi connectivity index (χ2n) is 4.85. The Labute approximate surface area is 125 Å². The summed E-state index contributed by atoms with van der Waals surface area (Å²) < 4.78 is 33.0. The third-order valence-corrected chi connectivity index (χ3v) is 5.32. The van der Waals surface area contributed by atoms with Gasteiger partial charge in [-0.25, -0.2) is 0 Å². The predicted molar refractivity (Wildman–Crippen MR) is 76.3 cm³/mol. The lowest BCUT2D eigenvalue weighted by atomic mass is 9.93. The molecule has 9 heteroatoms. The van der Waals surface area contributed by atoms with E-state index < -0.39 is 38.1 Å². The highest BCUT2D eigenvalue weighted by Gasteiger charge is 2.44. The molecule has 6 atom stereocenters. The fraction of sp³-hybridized carbons (Fsp3) is 1.00. The van der Waals surface area contributed by atoms with E-state index in [9.17, 15) is 14.8 Å². The first-order chi connectivity index (χ1) is 9.92. The summed E-state index contributed by atoms with van der Waals surface area (Å²) in [6.07, 6.45) is -2.62. The van der Waals surface area contributed by atoms with Crippen molar-refractivity contribution in [1.29, 1.82) is 0 Å². The zero-order valence-corrected chi connectivity index (χ0v) is 13.8. The first-order valence-corrected chi connectivity index (χ1v) is 8.65. The summed E-state index contributed by atoms with van der Waals surface area (Å²) in [6.45, 7) is 3.50. The van der Waals surface area contributed by atoms with Crippen LogP contribution in [-0.2, 0) is 23.1 Å². The van der Waals surface area contributed by atoms with E-state index in [1.54, 1.807) is 13.8 Å². The summed E-state index contributed by atoms with van der Waals surface area (Å²) in [5.74, 6) is 0. The van der Waals surface area contributed by atoms with E-state index in [0.717, 1.165) is 0 Å². The van der Waals surface area contributed by atoms with Gasteiger partial charge in [-0.3, -0.25) is 9.88 Å². The van der Waals surface area contributed by atoms with Gasteiger partial charge in [-0.05, 0) is 13.8 Å². The van der Waals surface area contributed by atoms with Gasteiger partial charge in [0.15, 0.2) is 0 Å². The zero-order chi connectivity index (χ0) is 16.0. The van der Waals surface area contributed by atoms with Crippen LogP contribution in [0.1, 0.15) is 13.8 Å². The number of ether oxygens (including phenoxy) is 2. The molecule has 1 rings (SSSR count). The second kappa shape index (κ2) is 8.55. The largest absolute Gasteiger partial charge is 0.394 e. The molecule has 6 unspecified atom stereocenters. The molecule has 1 fully saturated rings. The number of hydrogen-bond acceptors (Lipinski definition) is 8. The summed E-state index contributed by atoms with van der Waals surface area (Å²) in [6, 6.07) is -0.512. The van der Waals surface area contributed by atoms with Crippen LogP contribution < -0.4 is 5.32 Å². The number of aliphatic hydroxyl groups is 2. The number of rotatable bonds is 8. The van der Waals surface area contributed by atoms with E-state index in [1.807, 2.05) is 0 Å². The fourth-order valence-electron chi connectivity index (χ4n) is 2.44. The molecular weight excluding hydrogens is 301 g/mol. The van der Waals surface area contributed by atoms with Crippen LogP contribution in [0.4, 0.5) is 0 Å². The van der Waals surface area contributed by atoms with Crippen molar-refractivity contribution in [2.75, 3.05) is 33.7 Å². The lowest BCUT2D eigenvalue weighted by Crippen LogP contribution is -2.63. The van der Waals surface area contributed by atoms with Crippen LogP contribution in [0.15, 0.2) is 0 Å². The SMILES string of the molecule is CCOP(=O)(CNC1C(C)OC(CO)C(OC)C1O)OC. The minimum atomic E-state index is -3.24. The first-order valence-electron chi connectivity index (χ1n) is 6.92. The monoisotopic (exact) mass is 327 g/mol. The van der Waals surface area contributed by atoms with Crippen molar-refractivity contribution in [3.8, 4) is 0 Å². The Balaban J connectivity index is 2.71. The lowest BCUT2D eigenvalue weighted by Gasteiger charge is -2.43.